The molecule has 1 aromatic carbocycles. The zero-order valence-electron chi connectivity index (χ0n) is 12.2. The molecule has 3 heteroatoms. The van der Waals surface area contributed by atoms with Crippen LogP contribution >= 0.6 is 0 Å². The lowest BCUT2D eigenvalue weighted by Gasteiger charge is -2.19. The van der Waals surface area contributed by atoms with E-state index < -0.39 is 0 Å². The van der Waals surface area contributed by atoms with Gasteiger partial charge < -0.3 is 15.0 Å². The molecule has 1 fully saturated rings. The van der Waals surface area contributed by atoms with Gasteiger partial charge in [0.15, 0.2) is 0 Å². The Morgan fingerprint density at radius 3 is 2.53 bits per heavy atom. The third kappa shape index (κ3) is 4.84. The molecule has 3 nitrogen and oxygen atoms in total. The number of hydrogen-bond acceptors (Lipinski definition) is 3. The van der Waals surface area contributed by atoms with Crippen LogP contribution in [-0.2, 0) is 6.54 Å². The molecule has 1 saturated carbocycles. The first-order valence-electron chi connectivity index (χ1n) is 7.33. The van der Waals surface area contributed by atoms with Crippen molar-refractivity contribution >= 4 is 0 Å². The molecule has 1 aliphatic rings. The molecule has 0 amide bonds. The topological polar surface area (TPSA) is 24.5 Å². The van der Waals surface area contributed by atoms with E-state index in [4.69, 9.17) is 4.74 Å². The molecule has 0 spiro atoms. The second-order valence-corrected chi connectivity index (χ2v) is 5.52. The summed E-state index contributed by atoms with van der Waals surface area (Å²) in [6.07, 6.45) is 5.53. The minimum atomic E-state index is 0.773. The van der Waals surface area contributed by atoms with Gasteiger partial charge in [-0.3, -0.25) is 0 Å². The van der Waals surface area contributed by atoms with Crippen LogP contribution in [0.3, 0.4) is 0 Å². The number of ether oxygens (including phenoxy) is 1. The van der Waals surface area contributed by atoms with Gasteiger partial charge in [-0.25, -0.2) is 0 Å². The van der Waals surface area contributed by atoms with Crippen LogP contribution < -0.4 is 10.1 Å². The summed E-state index contributed by atoms with van der Waals surface area (Å²) >= 11 is 0. The largest absolute Gasteiger partial charge is 0.497 e. The van der Waals surface area contributed by atoms with Crippen LogP contribution in [0.1, 0.15) is 31.2 Å². The van der Waals surface area contributed by atoms with Gasteiger partial charge in [0.1, 0.15) is 5.75 Å². The molecule has 0 heterocycles. The highest BCUT2D eigenvalue weighted by Crippen LogP contribution is 2.17. The van der Waals surface area contributed by atoms with Gasteiger partial charge >= 0.3 is 0 Å². The van der Waals surface area contributed by atoms with Gasteiger partial charge in [0.25, 0.3) is 0 Å². The van der Waals surface area contributed by atoms with E-state index in [0.717, 1.165) is 31.4 Å². The van der Waals surface area contributed by atoms with Crippen LogP contribution in [0.15, 0.2) is 24.3 Å². The minimum absolute atomic E-state index is 0.773. The molecule has 0 radical (unpaired) electrons. The van der Waals surface area contributed by atoms with Gasteiger partial charge in [0, 0.05) is 25.7 Å². The second kappa shape index (κ2) is 7.51. The molecule has 0 atom stereocenters. The summed E-state index contributed by atoms with van der Waals surface area (Å²) in [4.78, 5) is 2.36. The molecule has 19 heavy (non-hydrogen) atoms. The van der Waals surface area contributed by atoms with Crippen molar-refractivity contribution in [2.24, 2.45) is 0 Å². The lowest BCUT2D eigenvalue weighted by atomic mass is 10.2. The number of benzene rings is 1. The fourth-order valence-corrected chi connectivity index (χ4v) is 2.71. The van der Waals surface area contributed by atoms with Gasteiger partial charge in [-0.05, 0) is 37.6 Å². The predicted octanol–water partition coefficient (Wildman–Crippen LogP) is 2.66. The highest BCUT2D eigenvalue weighted by atomic mass is 16.5. The molecular weight excluding hydrogens is 236 g/mol. The summed E-state index contributed by atoms with van der Waals surface area (Å²) in [6.45, 7) is 3.19. The van der Waals surface area contributed by atoms with Crippen LogP contribution in [0.25, 0.3) is 0 Å². The van der Waals surface area contributed by atoms with Crippen molar-refractivity contribution < 1.29 is 4.74 Å². The van der Waals surface area contributed by atoms with E-state index in [1.807, 2.05) is 12.1 Å². The number of hydrogen-bond donors (Lipinski definition) is 1. The van der Waals surface area contributed by atoms with E-state index in [9.17, 15) is 0 Å². The summed E-state index contributed by atoms with van der Waals surface area (Å²) in [5, 5.41) is 3.65. The molecule has 0 unspecified atom stereocenters. The maximum atomic E-state index is 5.17. The Morgan fingerprint density at radius 1 is 1.21 bits per heavy atom. The van der Waals surface area contributed by atoms with Crippen LogP contribution in [0.4, 0.5) is 0 Å². The van der Waals surface area contributed by atoms with E-state index in [-0.39, 0.29) is 0 Å². The molecular formula is C16H26N2O. The van der Waals surface area contributed by atoms with Crippen molar-refractivity contribution in [2.45, 2.75) is 38.3 Å². The van der Waals surface area contributed by atoms with E-state index in [0.29, 0.717) is 0 Å². The van der Waals surface area contributed by atoms with Crippen LogP contribution in [-0.4, -0.2) is 38.2 Å². The molecule has 106 valence electrons. The first kappa shape index (κ1) is 14.4. The monoisotopic (exact) mass is 262 g/mol. The third-order valence-corrected chi connectivity index (χ3v) is 3.89. The molecule has 0 bridgehead atoms. The molecule has 1 N–H and O–H groups in total. The van der Waals surface area contributed by atoms with E-state index >= 15 is 0 Å². The Hall–Kier alpha value is -1.06. The first-order chi connectivity index (χ1) is 9.28. The Labute approximate surface area is 116 Å². The third-order valence-electron chi connectivity index (χ3n) is 3.89. The van der Waals surface area contributed by atoms with Crippen LogP contribution in [0.2, 0.25) is 0 Å². The van der Waals surface area contributed by atoms with Crippen molar-refractivity contribution in [1.29, 1.82) is 0 Å². The molecule has 0 aliphatic heterocycles. The lowest BCUT2D eigenvalue weighted by molar-refractivity contribution is 0.316. The van der Waals surface area contributed by atoms with Crippen molar-refractivity contribution in [2.75, 3.05) is 27.2 Å². The summed E-state index contributed by atoms with van der Waals surface area (Å²) in [5.41, 5.74) is 1.34. The van der Waals surface area contributed by atoms with Crippen LogP contribution in [0, 0.1) is 0 Å². The standard InChI is InChI=1S/C16H26N2O/c1-18(12-11-17-15-5-3-4-6-15)13-14-7-9-16(19-2)10-8-14/h7-10,15,17H,3-6,11-13H2,1-2H3. The Kier molecular flexibility index (Phi) is 5.67. The Bertz CT molecular complexity index is 358. The molecule has 0 saturated heterocycles. The smallest absolute Gasteiger partial charge is 0.118 e. The molecule has 1 aromatic rings. The van der Waals surface area contributed by atoms with Crippen molar-refractivity contribution in [3.05, 3.63) is 29.8 Å². The van der Waals surface area contributed by atoms with E-state index in [1.165, 1.54) is 31.2 Å². The number of methoxy groups -OCH3 is 1. The molecule has 0 aromatic heterocycles. The van der Waals surface area contributed by atoms with Crippen molar-refractivity contribution in [3.8, 4) is 5.75 Å². The van der Waals surface area contributed by atoms with E-state index in [2.05, 4.69) is 29.4 Å². The summed E-state index contributed by atoms with van der Waals surface area (Å²) in [7, 11) is 3.89. The maximum Gasteiger partial charge on any atom is 0.118 e. The zero-order valence-corrected chi connectivity index (χ0v) is 12.2. The van der Waals surface area contributed by atoms with Gasteiger partial charge in [-0.2, -0.15) is 0 Å². The maximum absolute atomic E-state index is 5.17. The van der Waals surface area contributed by atoms with Gasteiger partial charge in [0.2, 0.25) is 0 Å². The van der Waals surface area contributed by atoms with Crippen LogP contribution in [0.5, 0.6) is 5.75 Å². The summed E-state index contributed by atoms with van der Waals surface area (Å²) < 4.78 is 5.17. The fourth-order valence-electron chi connectivity index (χ4n) is 2.71. The fraction of sp³-hybridized carbons (Fsp3) is 0.625. The number of nitrogens with one attached hydrogen (secondary N) is 1. The van der Waals surface area contributed by atoms with Gasteiger partial charge in [-0.15, -0.1) is 0 Å². The number of rotatable bonds is 7. The average Bonchev–Trinajstić information content (AvgIpc) is 2.93. The second-order valence-electron chi connectivity index (χ2n) is 5.52. The minimum Gasteiger partial charge on any atom is -0.497 e. The average molecular weight is 262 g/mol. The quantitative estimate of drug-likeness (QED) is 0.817. The highest BCUT2D eigenvalue weighted by Gasteiger charge is 2.13. The normalized spacial score (nSPS) is 16.2. The SMILES string of the molecule is COc1ccc(CN(C)CCNC2CCCC2)cc1. The highest BCUT2D eigenvalue weighted by molar-refractivity contribution is 5.26. The van der Waals surface area contributed by atoms with Gasteiger partial charge in [0.05, 0.1) is 7.11 Å². The summed E-state index contributed by atoms with van der Waals surface area (Å²) in [6, 6.07) is 9.11. The summed E-state index contributed by atoms with van der Waals surface area (Å²) in [5.74, 6) is 0.925. The van der Waals surface area contributed by atoms with Crippen molar-refractivity contribution in [1.82, 2.24) is 10.2 Å². The van der Waals surface area contributed by atoms with E-state index in [1.54, 1.807) is 7.11 Å². The lowest BCUT2D eigenvalue weighted by Crippen LogP contribution is -2.34. The zero-order chi connectivity index (χ0) is 13.5. The number of nitrogens with zero attached hydrogens (tertiary/aromatic N) is 1. The molecule has 2 rings (SSSR count). The molecule has 1 aliphatic carbocycles. The van der Waals surface area contributed by atoms with Gasteiger partial charge in [-0.1, -0.05) is 25.0 Å². The number of likely N-dealkylation sites (N-methyl/N-ethyl adjacent to an activating group) is 1. The predicted molar refractivity (Wildman–Crippen MR) is 79.6 cm³/mol. The Balaban J connectivity index is 1.66. The van der Waals surface area contributed by atoms with Crippen molar-refractivity contribution in [3.63, 3.8) is 0 Å². The Morgan fingerprint density at radius 2 is 1.89 bits per heavy atom. The first-order valence-corrected chi connectivity index (χ1v) is 7.33.